The molecule has 0 unspecified atom stereocenters. The minimum atomic E-state index is -0.533. The van der Waals surface area contributed by atoms with Gasteiger partial charge < -0.3 is 11.1 Å². The number of benzene rings is 2. The molecule has 18 heavy (non-hydrogen) atoms. The van der Waals surface area contributed by atoms with Crippen LogP contribution in [0.4, 0.5) is 21.5 Å². The number of nitrogens with one attached hydrogen (secondary N) is 1. The Morgan fingerprint density at radius 3 is 2.78 bits per heavy atom. The molecule has 0 bridgehead atoms. The van der Waals surface area contributed by atoms with E-state index in [4.69, 9.17) is 22.6 Å². The number of hydrogen-bond donors (Lipinski definition) is 2. The van der Waals surface area contributed by atoms with Crippen LogP contribution < -0.4 is 11.1 Å². The molecule has 0 amide bonds. The minimum absolute atomic E-state index is 0.0379. The number of nitrogens with zero attached hydrogens (tertiary/aromatic N) is 1. The molecule has 2 aromatic carbocycles. The van der Waals surface area contributed by atoms with Crippen LogP contribution in [0.1, 0.15) is 5.56 Å². The molecular formula is C13H9ClFN3. The molecule has 0 aliphatic carbocycles. The van der Waals surface area contributed by atoms with Gasteiger partial charge in [0.2, 0.25) is 0 Å². The quantitative estimate of drug-likeness (QED) is 0.811. The monoisotopic (exact) mass is 261 g/mol. The van der Waals surface area contributed by atoms with E-state index in [0.29, 0.717) is 16.9 Å². The molecule has 90 valence electrons. The molecule has 0 fully saturated rings. The second kappa shape index (κ2) is 4.94. The molecule has 0 aromatic heterocycles. The Bertz CT molecular complexity index is 635. The second-order valence-electron chi connectivity index (χ2n) is 3.64. The third kappa shape index (κ3) is 2.36. The number of nitrogen functional groups attached to an aromatic ring is 1. The van der Waals surface area contributed by atoms with E-state index in [-0.39, 0.29) is 10.7 Å². The van der Waals surface area contributed by atoms with Crippen molar-refractivity contribution in [2.75, 3.05) is 11.1 Å². The number of anilines is 3. The number of nitrogens with two attached hydrogens (primary N) is 1. The van der Waals surface area contributed by atoms with Crippen LogP contribution in [-0.2, 0) is 0 Å². The lowest BCUT2D eigenvalue weighted by atomic mass is 10.1. The second-order valence-corrected chi connectivity index (χ2v) is 4.05. The fraction of sp³-hybridized carbons (Fsp3) is 0. The predicted molar refractivity (Wildman–Crippen MR) is 70.3 cm³/mol. The molecule has 0 radical (unpaired) electrons. The largest absolute Gasteiger partial charge is 0.398 e. The third-order valence-corrected chi connectivity index (χ3v) is 2.70. The standard InChI is InChI=1S/C13H9ClFN3/c14-10-2-1-3-12(13(10)15)18-9-4-5-11(17)8(6-9)7-16/h1-6,18H,17H2. The highest BCUT2D eigenvalue weighted by atomic mass is 35.5. The van der Waals surface area contributed by atoms with E-state index in [9.17, 15) is 4.39 Å². The highest BCUT2D eigenvalue weighted by Crippen LogP contribution is 2.26. The summed E-state index contributed by atoms with van der Waals surface area (Å²) in [5, 5.41) is 11.7. The molecule has 0 saturated carbocycles. The van der Waals surface area contributed by atoms with Crippen molar-refractivity contribution in [3.63, 3.8) is 0 Å². The lowest BCUT2D eigenvalue weighted by Gasteiger charge is -2.09. The third-order valence-electron chi connectivity index (χ3n) is 2.40. The SMILES string of the molecule is N#Cc1cc(Nc2cccc(Cl)c2F)ccc1N. The van der Waals surface area contributed by atoms with Crippen LogP contribution in [0.25, 0.3) is 0 Å². The summed E-state index contributed by atoms with van der Waals surface area (Å²) < 4.78 is 13.7. The Morgan fingerprint density at radius 2 is 2.06 bits per heavy atom. The molecular weight excluding hydrogens is 253 g/mol. The molecule has 2 aromatic rings. The van der Waals surface area contributed by atoms with Gasteiger partial charge >= 0.3 is 0 Å². The molecule has 0 atom stereocenters. The van der Waals surface area contributed by atoms with Gasteiger partial charge in [-0.3, -0.25) is 0 Å². The first kappa shape index (κ1) is 12.2. The summed E-state index contributed by atoms with van der Waals surface area (Å²) >= 11 is 5.68. The molecule has 0 aliphatic heterocycles. The van der Waals surface area contributed by atoms with Gasteiger partial charge in [-0.25, -0.2) is 4.39 Å². The zero-order valence-electron chi connectivity index (χ0n) is 9.24. The lowest BCUT2D eigenvalue weighted by Crippen LogP contribution is -1.96. The van der Waals surface area contributed by atoms with Gasteiger partial charge in [0.05, 0.1) is 16.3 Å². The average Bonchev–Trinajstić information content (AvgIpc) is 2.37. The van der Waals surface area contributed by atoms with Crippen molar-refractivity contribution in [1.82, 2.24) is 0 Å². The Morgan fingerprint density at radius 1 is 1.28 bits per heavy atom. The van der Waals surface area contributed by atoms with E-state index in [0.717, 1.165) is 0 Å². The summed E-state index contributed by atoms with van der Waals surface area (Å²) in [5.74, 6) is -0.533. The number of rotatable bonds is 2. The fourth-order valence-corrected chi connectivity index (χ4v) is 1.66. The molecule has 2 rings (SSSR count). The smallest absolute Gasteiger partial charge is 0.165 e. The minimum Gasteiger partial charge on any atom is -0.398 e. The van der Waals surface area contributed by atoms with E-state index in [2.05, 4.69) is 5.32 Å². The first-order valence-electron chi connectivity index (χ1n) is 5.12. The van der Waals surface area contributed by atoms with Crippen LogP contribution in [0, 0.1) is 17.1 Å². The normalized spacial score (nSPS) is 9.83. The molecule has 3 N–H and O–H groups in total. The van der Waals surface area contributed by atoms with E-state index in [1.54, 1.807) is 30.3 Å². The number of nitriles is 1. The van der Waals surface area contributed by atoms with E-state index in [1.165, 1.54) is 6.07 Å². The van der Waals surface area contributed by atoms with Crippen molar-refractivity contribution in [1.29, 1.82) is 5.26 Å². The van der Waals surface area contributed by atoms with Crippen LogP contribution in [0.3, 0.4) is 0 Å². The first-order valence-corrected chi connectivity index (χ1v) is 5.50. The van der Waals surface area contributed by atoms with Crippen LogP contribution in [0.2, 0.25) is 5.02 Å². The van der Waals surface area contributed by atoms with Crippen LogP contribution >= 0.6 is 11.6 Å². The van der Waals surface area contributed by atoms with Crippen molar-refractivity contribution >= 4 is 28.7 Å². The molecule has 0 aliphatic rings. The fourth-order valence-electron chi connectivity index (χ4n) is 1.49. The van der Waals surface area contributed by atoms with Crippen molar-refractivity contribution in [2.24, 2.45) is 0 Å². The maximum Gasteiger partial charge on any atom is 0.165 e. The van der Waals surface area contributed by atoms with Gasteiger partial charge in [0, 0.05) is 11.4 Å². The van der Waals surface area contributed by atoms with E-state index < -0.39 is 5.82 Å². The summed E-state index contributed by atoms with van der Waals surface area (Å²) in [6, 6.07) is 11.4. The van der Waals surface area contributed by atoms with Gasteiger partial charge in [-0.05, 0) is 30.3 Å². The summed E-state index contributed by atoms with van der Waals surface area (Å²) in [5.41, 5.74) is 7.14. The Balaban J connectivity index is 2.35. The Labute approximate surface area is 109 Å². The van der Waals surface area contributed by atoms with Crippen molar-refractivity contribution < 1.29 is 4.39 Å². The highest BCUT2D eigenvalue weighted by molar-refractivity contribution is 6.31. The summed E-state index contributed by atoms with van der Waals surface area (Å²) in [6.07, 6.45) is 0. The topological polar surface area (TPSA) is 61.8 Å². The molecule has 0 saturated heterocycles. The predicted octanol–water partition coefficient (Wildman–Crippen LogP) is 3.68. The van der Waals surface area contributed by atoms with Crippen molar-refractivity contribution in [2.45, 2.75) is 0 Å². The maximum atomic E-state index is 13.7. The Kier molecular flexibility index (Phi) is 3.35. The van der Waals surface area contributed by atoms with Gasteiger partial charge in [-0.15, -0.1) is 0 Å². The van der Waals surface area contributed by atoms with Gasteiger partial charge in [-0.1, -0.05) is 17.7 Å². The van der Waals surface area contributed by atoms with Gasteiger partial charge in [0.15, 0.2) is 5.82 Å². The highest BCUT2D eigenvalue weighted by Gasteiger charge is 2.07. The van der Waals surface area contributed by atoms with Crippen LogP contribution in [0.5, 0.6) is 0 Å². The summed E-state index contributed by atoms with van der Waals surface area (Å²) in [4.78, 5) is 0. The van der Waals surface area contributed by atoms with Crippen molar-refractivity contribution in [3.8, 4) is 6.07 Å². The number of hydrogen-bond acceptors (Lipinski definition) is 3. The zero-order valence-corrected chi connectivity index (χ0v) is 10.0. The number of halogens is 2. The van der Waals surface area contributed by atoms with Gasteiger partial charge in [0.1, 0.15) is 6.07 Å². The zero-order chi connectivity index (χ0) is 13.1. The Hall–Kier alpha value is -2.25. The molecule has 0 heterocycles. The van der Waals surface area contributed by atoms with Gasteiger partial charge in [-0.2, -0.15) is 5.26 Å². The van der Waals surface area contributed by atoms with Crippen LogP contribution in [-0.4, -0.2) is 0 Å². The average molecular weight is 262 g/mol. The van der Waals surface area contributed by atoms with Crippen molar-refractivity contribution in [3.05, 3.63) is 52.8 Å². The van der Waals surface area contributed by atoms with E-state index in [1.807, 2.05) is 6.07 Å². The summed E-state index contributed by atoms with van der Waals surface area (Å²) in [7, 11) is 0. The first-order chi connectivity index (χ1) is 8.61. The van der Waals surface area contributed by atoms with E-state index >= 15 is 0 Å². The van der Waals surface area contributed by atoms with Gasteiger partial charge in [0.25, 0.3) is 0 Å². The summed E-state index contributed by atoms with van der Waals surface area (Å²) in [6.45, 7) is 0. The molecule has 0 spiro atoms. The lowest BCUT2D eigenvalue weighted by molar-refractivity contribution is 0.632. The maximum absolute atomic E-state index is 13.7. The molecule has 5 heteroatoms. The molecule has 3 nitrogen and oxygen atoms in total. The van der Waals surface area contributed by atoms with Crippen LogP contribution in [0.15, 0.2) is 36.4 Å².